The van der Waals surface area contributed by atoms with Gasteiger partial charge in [-0.3, -0.25) is 9.59 Å². The molecule has 6 nitrogen and oxygen atoms in total. The van der Waals surface area contributed by atoms with E-state index in [0.29, 0.717) is 27.8 Å². The largest absolute Gasteiger partial charge is 0.482 e. The number of amides is 2. The Morgan fingerprint density at radius 3 is 2.32 bits per heavy atom. The highest BCUT2D eigenvalue weighted by Gasteiger charge is 2.34. The van der Waals surface area contributed by atoms with Gasteiger partial charge in [-0.2, -0.15) is 0 Å². The topological polar surface area (TPSA) is 76.7 Å². The van der Waals surface area contributed by atoms with E-state index < -0.39 is 12.2 Å². The fraction of sp³-hybridized carbons (Fsp3) is 0.143. The lowest BCUT2D eigenvalue weighted by atomic mass is 10.1. The van der Waals surface area contributed by atoms with Crippen molar-refractivity contribution in [2.45, 2.75) is 19.1 Å². The van der Waals surface area contributed by atoms with Gasteiger partial charge < -0.3 is 20.1 Å². The van der Waals surface area contributed by atoms with Crippen molar-refractivity contribution in [2.24, 2.45) is 0 Å². The van der Waals surface area contributed by atoms with Gasteiger partial charge in [0, 0.05) is 11.4 Å². The minimum atomic E-state index is -0.778. The predicted octanol–water partition coefficient (Wildman–Crippen LogP) is 4.17. The molecule has 0 spiro atoms. The van der Waals surface area contributed by atoms with Crippen molar-refractivity contribution in [1.29, 1.82) is 0 Å². The highest BCUT2D eigenvalue weighted by molar-refractivity contribution is 7.12. The molecule has 142 valence electrons. The number of thiophene rings is 1. The van der Waals surface area contributed by atoms with Crippen LogP contribution < -0.4 is 20.1 Å². The number of anilines is 2. The third-order valence-electron chi connectivity index (χ3n) is 4.23. The van der Waals surface area contributed by atoms with E-state index in [9.17, 15) is 9.59 Å². The van der Waals surface area contributed by atoms with Crippen molar-refractivity contribution in [3.05, 3.63) is 70.9 Å². The van der Waals surface area contributed by atoms with Crippen molar-refractivity contribution in [3.63, 3.8) is 0 Å². The van der Waals surface area contributed by atoms with Gasteiger partial charge in [-0.15, -0.1) is 11.3 Å². The molecule has 0 unspecified atom stereocenters. The molecular weight excluding hydrogens is 376 g/mol. The van der Waals surface area contributed by atoms with Crippen molar-refractivity contribution in [3.8, 4) is 11.5 Å². The molecule has 0 bridgehead atoms. The summed E-state index contributed by atoms with van der Waals surface area (Å²) in [5.41, 5.74) is 1.15. The molecule has 4 rings (SSSR count). The lowest BCUT2D eigenvalue weighted by Crippen LogP contribution is -2.46. The molecule has 1 aliphatic heterocycles. The van der Waals surface area contributed by atoms with Crippen LogP contribution in [0.1, 0.15) is 16.6 Å². The van der Waals surface area contributed by atoms with Crippen LogP contribution in [0.15, 0.2) is 66.0 Å². The summed E-state index contributed by atoms with van der Waals surface area (Å²) in [5.74, 6) is 0.659. The average Bonchev–Trinajstić information content (AvgIpc) is 3.22. The third kappa shape index (κ3) is 3.84. The average molecular weight is 394 g/mol. The molecule has 2 atom stereocenters. The quantitative estimate of drug-likeness (QED) is 0.696. The molecule has 0 fully saturated rings. The number of benzene rings is 2. The molecule has 28 heavy (non-hydrogen) atoms. The van der Waals surface area contributed by atoms with Gasteiger partial charge in [0.15, 0.2) is 11.5 Å². The number of para-hydroxylation sites is 2. The van der Waals surface area contributed by atoms with Crippen molar-refractivity contribution >= 4 is 34.5 Å². The molecule has 0 saturated carbocycles. The zero-order valence-corrected chi connectivity index (χ0v) is 15.9. The Bertz CT molecular complexity index is 1000. The monoisotopic (exact) mass is 394 g/mol. The van der Waals surface area contributed by atoms with Crippen LogP contribution in [0.5, 0.6) is 11.5 Å². The summed E-state index contributed by atoms with van der Waals surface area (Å²) in [4.78, 5) is 25.5. The van der Waals surface area contributed by atoms with Crippen LogP contribution in [0.25, 0.3) is 0 Å². The van der Waals surface area contributed by atoms with Gasteiger partial charge in [-0.05, 0) is 48.7 Å². The molecule has 3 aromatic rings. The zero-order valence-electron chi connectivity index (χ0n) is 15.0. The first-order valence-corrected chi connectivity index (χ1v) is 9.66. The number of rotatable bonds is 4. The number of ether oxygens (including phenoxy) is 2. The summed E-state index contributed by atoms with van der Waals surface area (Å²) in [5, 5.41) is 7.50. The minimum Gasteiger partial charge on any atom is -0.482 e. The van der Waals surface area contributed by atoms with Crippen LogP contribution in [0.2, 0.25) is 0 Å². The first-order chi connectivity index (χ1) is 13.6. The molecule has 0 aliphatic carbocycles. The summed E-state index contributed by atoms with van der Waals surface area (Å²) in [6.45, 7) is 1.79. The smallest absolute Gasteiger partial charge is 0.269 e. The lowest BCUT2D eigenvalue weighted by molar-refractivity contribution is -0.128. The van der Waals surface area contributed by atoms with Crippen LogP contribution in [0.4, 0.5) is 11.4 Å². The molecule has 1 aliphatic rings. The Balaban J connectivity index is 1.44. The van der Waals surface area contributed by atoms with E-state index in [0.717, 1.165) is 0 Å². The number of carbonyl (C=O) groups is 2. The van der Waals surface area contributed by atoms with Crippen molar-refractivity contribution in [1.82, 2.24) is 0 Å². The van der Waals surface area contributed by atoms with E-state index >= 15 is 0 Å². The number of carbonyl (C=O) groups excluding carboxylic acids is 2. The molecule has 7 heteroatoms. The number of fused-ring (bicyclic) bond motifs is 1. The third-order valence-corrected chi connectivity index (χ3v) is 5.10. The maximum absolute atomic E-state index is 12.7. The van der Waals surface area contributed by atoms with Crippen LogP contribution in [-0.4, -0.2) is 24.0 Å². The number of nitrogens with one attached hydrogen (secondary N) is 2. The van der Waals surface area contributed by atoms with Crippen LogP contribution in [0.3, 0.4) is 0 Å². The van der Waals surface area contributed by atoms with Crippen LogP contribution >= 0.6 is 11.3 Å². The summed E-state index contributed by atoms with van der Waals surface area (Å²) >= 11 is 1.37. The number of hydrogen-bond acceptors (Lipinski definition) is 5. The molecular formula is C21H18N2O4S. The molecule has 1 aromatic heterocycles. The van der Waals surface area contributed by atoms with E-state index in [1.807, 2.05) is 23.6 Å². The SMILES string of the molecule is C[C@H]1Oc2ccccc2O[C@@H]1C(=O)Nc1cccc(NC(=O)c2cccs2)c1. The van der Waals surface area contributed by atoms with Gasteiger partial charge in [0.25, 0.3) is 11.8 Å². The van der Waals surface area contributed by atoms with Gasteiger partial charge in [0.05, 0.1) is 4.88 Å². The predicted molar refractivity (Wildman–Crippen MR) is 108 cm³/mol. The Labute approximate surface area is 166 Å². The lowest BCUT2D eigenvalue weighted by Gasteiger charge is -2.31. The second-order valence-corrected chi connectivity index (χ2v) is 7.26. The van der Waals surface area contributed by atoms with E-state index in [2.05, 4.69) is 10.6 Å². The fourth-order valence-corrected chi connectivity index (χ4v) is 3.51. The number of hydrogen-bond donors (Lipinski definition) is 2. The zero-order chi connectivity index (χ0) is 19.5. The maximum atomic E-state index is 12.7. The maximum Gasteiger partial charge on any atom is 0.269 e. The van der Waals surface area contributed by atoms with Crippen molar-refractivity contribution in [2.75, 3.05) is 10.6 Å². The second-order valence-electron chi connectivity index (χ2n) is 6.31. The van der Waals surface area contributed by atoms with Crippen LogP contribution in [0, 0.1) is 0 Å². The summed E-state index contributed by atoms with van der Waals surface area (Å²) in [7, 11) is 0. The van der Waals surface area contributed by atoms with Gasteiger partial charge in [-0.1, -0.05) is 24.3 Å². The Morgan fingerprint density at radius 2 is 1.61 bits per heavy atom. The van der Waals surface area contributed by atoms with Gasteiger partial charge >= 0.3 is 0 Å². The molecule has 2 heterocycles. The summed E-state index contributed by atoms with van der Waals surface area (Å²) in [6.07, 6.45) is -1.21. The Morgan fingerprint density at radius 1 is 0.893 bits per heavy atom. The van der Waals surface area contributed by atoms with Crippen LogP contribution in [-0.2, 0) is 4.79 Å². The fourth-order valence-electron chi connectivity index (χ4n) is 2.89. The van der Waals surface area contributed by atoms with Gasteiger partial charge in [0.2, 0.25) is 6.10 Å². The normalized spacial score (nSPS) is 17.6. The summed E-state index contributed by atoms with van der Waals surface area (Å²) < 4.78 is 11.6. The first kappa shape index (κ1) is 18.1. The van der Waals surface area contributed by atoms with Gasteiger partial charge in [-0.25, -0.2) is 0 Å². The standard InChI is InChI=1S/C21H18N2O4S/c1-13-19(27-17-9-3-2-8-16(17)26-13)21(25)23-15-7-4-6-14(12-15)22-20(24)18-10-5-11-28-18/h2-13,19H,1H3,(H,22,24)(H,23,25)/t13-,19+/m1/s1. The Hall–Kier alpha value is -3.32. The molecule has 0 radical (unpaired) electrons. The molecule has 2 aromatic carbocycles. The van der Waals surface area contributed by atoms with E-state index in [-0.39, 0.29) is 11.8 Å². The highest BCUT2D eigenvalue weighted by Crippen LogP contribution is 2.33. The molecule has 2 amide bonds. The van der Waals surface area contributed by atoms with E-state index in [1.54, 1.807) is 49.4 Å². The van der Waals surface area contributed by atoms with Crippen molar-refractivity contribution < 1.29 is 19.1 Å². The Kier molecular flexibility index (Phi) is 4.99. The van der Waals surface area contributed by atoms with Gasteiger partial charge in [0.1, 0.15) is 6.10 Å². The molecule has 0 saturated heterocycles. The second kappa shape index (κ2) is 7.74. The molecule has 2 N–H and O–H groups in total. The minimum absolute atomic E-state index is 0.187. The van der Waals surface area contributed by atoms with E-state index in [4.69, 9.17) is 9.47 Å². The summed E-state index contributed by atoms with van der Waals surface area (Å²) in [6, 6.07) is 17.8. The first-order valence-electron chi connectivity index (χ1n) is 8.78. The van der Waals surface area contributed by atoms with E-state index in [1.165, 1.54) is 11.3 Å². The highest BCUT2D eigenvalue weighted by atomic mass is 32.1.